The number of benzene rings is 2. The molecule has 2 nitrogen and oxygen atoms in total. The van der Waals surface area contributed by atoms with Crippen LogP contribution in [0.25, 0.3) is 11.1 Å². The first-order valence-electron chi connectivity index (χ1n) is 14.7. The maximum atomic E-state index is 6.00. The maximum absolute atomic E-state index is 6.00. The average Bonchev–Trinajstić information content (AvgIpc) is 2.92. The molecule has 1 aliphatic rings. The van der Waals surface area contributed by atoms with Crippen molar-refractivity contribution in [1.29, 1.82) is 0 Å². The van der Waals surface area contributed by atoms with Gasteiger partial charge < -0.3 is 9.47 Å². The van der Waals surface area contributed by atoms with Crippen LogP contribution in [-0.4, -0.2) is 19.8 Å². The Bertz CT molecular complexity index is 780. The Hall–Kier alpha value is -1.80. The number of rotatable bonds is 17. The van der Waals surface area contributed by atoms with Crippen LogP contribution >= 0.6 is 0 Å². The summed E-state index contributed by atoms with van der Waals surface area (Å²) in [5, 5.41) is 0. The second-order valence-electron chi connectivity index (χ2n) is 10.5. The van der Waals surface area contributed by atoms with Gasteiger partial charge in [0.05, 0.1) is 12.7 Å². The Balaban J connectivity index is 1.28. The lowest BCUT2D eigenvalue weighted by Gasteiger charge is -2.30. The highest BCUT2D eigenvalue weighted by atomic mass is 16.5. The second kappa shape index (κ2) is 16.8. The molecule has 3 rings (SSSR count). The van der Waals surface area contributed by atoms with E-state index in [-0.39, 0.29) is 0 Å². The van der Waals surface area contributed by atoms with Gasteiger partial charge in [0.25, 0.3) is 0 Å². The number of hydrogen-bond donors (Lipinski definition) is 0. The number of unbranched alkanes of at least 4 members (excludes halogenated alkanes) is 11. The minimum atomic E-state index is 0.371. The van der Waals surface area contributed by atoms with Gasteiger partial charge in [-0.05, 0) is 48.1 Å². The van der Waals surface area contributed by atoms with Gasteiger partial charge in [0.2, 0.25) is 0 Å². The van der Waals surface area contributed by atoms with Crippen molar-refractivity contribution in [3.05, 3.63) is 54.1 Å². The van der Waals surface area contributed by atoms with Crippen LogP contribution in [0.3, 0.4) is 0 Å². The largest absolute Gasteiger partial charge is 0.494 e. The quantitative estimate of drug-likeness (QED) is 0.211. The average molecular weight is 479 g/mol. The van der Waals surface area contributed by atoms with Crippen LogP contribution in [-0.2, 0) is 4.74 Å². The molecule has 2 aromatic carbocycles. The van der Waals surface area contributed by atoms with Gasteiger partial charge in [0.15, 0.2) is 0 Å². The third kappa shape index (κ3) is 10.00. The Morgan fingerprint density at radius 3 is 1.71 bits per heavy atom. The third-order valence-electron chi connectivity index (χ3n) is 7.80. The lowest BCUT2D eigenvalue weighted by Crippen LogP contribution is -2.24. The topological polar surface area (TPSA) is 18.5 Å². The Morgan fingerprint density at radius 1 is 0.629 bits per heavy atom. The van der Waals surface area contributed by atoms with E-state index in [1.807, 2.05) is 7.11 Å². The highest BCUT2D eigenvalue weighted by molar-refractivity contribution is 5.64. The van der Waals surface area contributed by atoms with Crippen molar-refractivity contribution in [3.63, 3.8) is 0 Å². The van der Waals surface area contributed by atoms with Crippen LogP contribution in [0.5, 0.6) is 5.75 Å². The second-order valence-corrected chi connectivity index (χ2v) is 10.5. The Morgan fingerprint density at radius 2 is 1.14 bits per heavy atom. The van der Waals surface area contributed by atoms with Gasteiger partial charge in [-0.3, -0.25) is 0 Å². The standard InChI is InChI=1S/C33H50O2/c1-3-4-5-6-7-8-9-10-11-12-13-16-27-35-31-25-23-29(24-26-31)28-19-21-30(22-20-28)32-17-14-15-18-33(32)34-2/h19-26,32-33H,3-18,27H2,1-2H3/t32-,33+/m1/s1. The molecule has 0 heterocycles. The molecule has 0 aliphatic heterocycles. The highest BCUT2D eigenvalue weighted by Crippen LogP contribution is 2.35. The van der Waals surface area contributed by atoms with Crippen molar-refractivity contribution < 1.29 is 9.47 Å². The first-order chi connectivity index (χ1) is 17.3. The molecule has 2 aromatic rings. The van der Waals surface area contributed by atoms with Crippen LogP contribution in [0.1, 0.15) is 121 Å². The molecule has 1 fully saturated rings. The first-order valence-corrected chi connectivity index (χ1v) is 14.7. The van der Waals surface area contributed by atoms with Crippen molar-refractivity contribution >= 4 is 0 Å². The third-order valence-corrected chi connectivity index (χ3v) is 7.80. The molecule has 2 heteroatoms. The van der Waals surface area contributed by atoms with Crippen molar-refractivity contribution in [1.82, 2.24) is 0 Å². The van der Waals surface area contributed by atoms with Crippen molar-refractivity contribution in [2.75, 3.05) is 13.7 Å². The fourth-order valence-electron chi connectivity index (χ4n) is 5.56. The predicted molar refractivity (Wildman–Crippen MR) is 150 cm³/mol. The summed E-state index contributed by atoms with van der Waals surface area (Å²) in [4.78, 5) is 0. The van der Waals surface area contributed by atoms with E-state index in [0.29, 0.717) is 12.0 Å². The number of methoxy groups -OCH3 is 1. The normalized spacial score (nSPS) is 18.0. The monoisotopic (exact) mass is 478 g/mol. The van der Waals surface area contributed by atoms with E-state index >= 15 is 0 Å². The molecule has 1 saturated carbocycles. The minimum absolute atomic E-state index is 0.371. The summed E-state index contributed by atoms with van der Waals surface area (Å²) >= 11 is 0. The fourth-order valence-corrected chi connectivity index (χ4v) is 5.56. The SMILES string of the molecule is CCCCCCCCCCCCCCOc1ccc(-c2ccc([C@H]3CCCC[C@@H]3OC)cc2)cc1. The van der Waals surface area contributed by atoms with Crippen LogP contribution in [0.4, 0.5) is 0 Å². The van der Waals surface area contributed by atoms with E-state index in [9.17, 15) is 0 Å². The van der Waals surface area contributed by atoms with E-state index in [1.54, 1.807) is 0 Å². The van der Waals surface area contributed by atoms with Crippen molar-refractivity contribution in [2.24, 2.45) is 0 Å². The Kier molecular flexibility index (Phi) is 13.3. The summed E-state index contributed by atoms with van der Waals surface area (Å²) in [5.41, 5.74) is 3.94. The molecule has 35 heavy (non-hydrogen) atoms. The van der Waals surface area contributed by atoms with Gasteiger partial charge in [-0.15, -0.1) is 0 Å². The summed E-state index contributed by atoms with van der Waals surface area (Å²) in [6, 6.07) is 17.7. The van der Waals surface area contributed by atoms with Crippen LogP contribution in [0.15, 0.2) is 48.5 Å². The summed E-state index contributed by atoms with van der Waals surface area (Å²) < 4.78 is 11.8. The van der Waals surface area contributed by atoms with Gasteiger partial charge in [-0.1, -0.05) is 127 Å². The highest BCUT2D eigenvalue weighted by Gasteiger charge is 2.26. The van der Waals surface area contributed by atoms with E-state index in [2.05, 4.69) is 55.5 Å². The minimum Gasteiger partial charge on any atom is -0.494 e. The number of ether oxygens (including phenoxy) is 2. The van der Waals surface area contributed by atoms with E-state index in [1.165, 1.54) is 113 Å². The van der Waals surface area contributed by atoms with Crippen LogP contribution < -0.4 is 4.74 Å². The molecule has 0 aromatic heterocycles. The van der Waals surface area contributed by atoms with Gasteiger partial charge in [-0.2, -0.15) is 0 Å². The van der Waals surface area contributed by atoms with Crippen molar-refractivity contribution in [2.45, 2.75) is 122 Å². The molecule has 1 aliphatic carbocycles. The fraction of sp³-hybridized carbons (Fsp3) is 0.636. The van der Waals surface area contributed by atoms with Crippen LogP contribution in [0, 0.1) is 0 Å². The van der Waals surface area contributed by atoms with Gasteiger partial charge in [-0.25, -0.2) is 0 Å². The van der Waals surface area contributed by atoms with Gasteiger partial charge in [0.1, 0.15) is 5.75 Å². The summed E-state index contributed by atoms with van der Waals surface area (Å²) in [6.07, 6.45) is 21.9. The summed E-state index contributed by atoms with van der Waals surface area (Å²) in [5.74, 6) is 1.53. The first kappa shape index (κ1) is 27.8. The molecule has 0 bridgehead atoms. The molecule has 0 radical (unpaired) electrons. The van der Waals surface area contributed by atoms with E-state index in [4.69, 9.17) is 9.47 Å². The Labute approximate surface area is 215 Å². The molecular weight excluding hydrogens is 428 g/mol. The van der Waals surface area contributed by atoms with Crippen LogP contribution in [0.2, 0.25) is 0 Å². The molecule has 0 N–H and O–H groups in total. The number of hydrogen-bond acceptors (Lipinski definition) is 2. The summed E-state index contributed by atoms with van der Waals surface area (Å²) in [7, 11) is 1.86. The zero-order valence-corrected chi connectivity index (χ0v) is 22.6. The molecule has 194 valence electrons. The van der Waals surface area contributed by atoms with Gasteiger partial charge >= 0.3 is 0 Å². The maximum Gasteiger partial charge on any atom is 0.119 e. The zero-order valence-electron chi connectivity index (χ0n) is 22.6. The molecule has 0 saturated heterocycles. The molecule has 0 amide bonds. The van der Waals surface area contributed by atoms with E-state index < -0.39 is 0 Å². The molecule has 0 spiro atoms. The van der Waals surface area contributed by atoms with Crippen molar-refractivity contribution in [3.8, 4) is 16.9 Å². The summed E-state index contributed by atoms with van der Waals surface area (Å²) in [6.45, 7) is 3.11. The van der Waals surface area contributed by atoms with Gasteiger partial charge in [0, 0.05) is 13.0 Å². The smallest absolute Gasteiger partial charge is 0.119 e. The van der Waals surface area contributed by atoms with E-state index in [0.717, 1.165) is 18.8 Å². The molecule has 2 atom stereocenters. The predicted octanol–water partition coefficient (Wildman–Crippen LogP) is 10.1. The zero-order chi connectivity index (χ0) is 24.6. The lowest BCUT2D eigenvalue weighted by molar-refractivity contribution is 0.0523. The molecular formula is C33H50O2. The molecule has 0 unspecified atom stereocenters. The lowest BCUT2D eigenvalue weighted by atomic mass is 9.81.